The van der Waals surface area contributed by atoms with Gasteiger partial charge in [-0.3, -0.25) is 0 Å². The number of benzene rings is 1. The topological polar surface area (TPSA) is 18.5 Å². The van der Waals surface area contributed by atoms with Crippen LogP contribution in [0.25, 0.3) is 0 Å². The molecule has 0 heterocycles. The summed E-state index contributed by atoms with van der Waals surface area (Å²) in [6.45, 7) is -1.36. The lowest BCUT2D eigenvalue weighted by molar-refractivity contribution is -0.153. The Balaban J connectivity index is 2.70. The molecule has 1 aromatic carbocycles. The Hall–Kier alpha value is -1.10. The van der Waals surface area contributed by atoms with Crippen LogP contribution >= 0.6 is 11.6 Å². The Bertz CT molecular complexity index is 339. The molecule has 0 N–H and O–H groups in total. The molecule has 1 aromatic rings. The summed E-state index contributed by atoms with van der Waals surface area (Å²) in [6, 6.07) is 4.18. The standard InChI is InChI=1S/C9H8ClF3O2/c1-14-6-2-3-8(7(10)4-6)15-5-9(11,12)13/h2-4H,5H2,1H3. The fourth-order valence-corrected chi connectivity index (χ4v) is 1.11. The molecule has 2 nitrogen and oxygen atoms in total. The third-order valence-electron chi connectivity index (χ3n) is 1.53. The van der Waals surface area contributed by atoms with Gasteiger partial charge in [0.05, 0.1) is 12.1 Å². The van der Waals surface area contributed by atoms with E-state index in [9.17, 15) is 13.2 Å². The van der Waals surface area contributed by atoms with Gasteiger partial charge >= 0.3 is 6.18 Å². The van der Waals surface area contributed by atoms with E-state index in [0.29, 0.717) is 5.75 Å². The van der Waals surface area contributed by atoms with Gasteiger partial charge in [-0.1, -0.05) is 11.6 Å². The van der Waals surface area contributed by atoms with Crippen molar-refractivity contribution < 1.29 is 22.6 Å². The van der Waals surface area contributed by atoms with E-state index in [1.807, 2.05) is 0 Å². The van der Waals surface area contributed by atoms with Crippen molar-refractivity contribution in [3.63, 3.8) is 0 Å². The van der Waals surface area contributed by atoms with Crippen LogP contribution in [0, 0.1) is 0 Å². The normalized spacial score (nSPS) is 11.3. The minimum atomic E-state index is -4.37. The Morgan fingerprint density at radius 1 is 1.33 bits per heavy atom. The molecule has 1 rings (SSSR count). The summed E-state index contributed by atoms with van der Waals surface area (Å²) in [5.41, 5.74) is 0. The Morgan fingerprint density at radius 3 is 2.47 bits per heavy atom. The lowest BCUT2D eigenvalue weighted by Gasteiger charge is -2.10. The summed E-state index contributed by atoms with van der Waals surface area (Å²) < 4.78 is 44.8. The molecule has 0 aromatic heterocycles. The summed E-state index contributed by atoms with van der Waals surface area (Å²) in [5.74, 6) is 0.439. The van der Waals surface area contributed by atoms with Gasteiger partial charge in [-0.25, -0.2) is 0 Å². The van der Waals surface area contributed by atoms with Crippen LogP contribution in [0.5, 0.6) is 11.5 Å². The molecule has 0 spiro atoms. The van der Waals surface area contributed by atoms with E-state index < -0.39 is 12.8 Å². The highest BCUT2D eigenvalue weighted by molar-refractivity contribution is 6.32. The Morgan fingerprint density at radius 2 is 2.00 bits per heavy atom. The maximum Gasteiger partial charge on any atom is 0.422 e. The number of rotatable bonds is 3. The molecular weight excluding hydrogens is 233 g/mol. The number of methoxy groups -OCH3 is 1. The lowest BCUT2D eigenvalue weighted by Crippen LogP contribution is -2.19. The molecule has 0 unspecified atom stereocenters. The van der Waals surface area contributed by atoms with Crippen molar-refractivity contribution in [2.24, 2.45) is 0 Å². The zero-order valence-electron chi connectivity index (χ0n) is 7.77. The fourth-order valence-electron chi connectivity index (χ4n) is 0.885. The second-order valence-corrected chi connectivity index (χ2v) is 3.11. The number of ether oxygens (including phenoxy) is 2. The zero-order chi connectivity index (χ0) is 11.5. The summed E-state index contributed by atoms with van der Waals surface area (Å²) >= 11 is 5.66. The van der Waals surface area contributed by atoms with Gasteiger partial charge in [0.1, 0.15) is 11.5 Å². The first-order chi connectivity index (χ1) is 6.92. The molecule has 84 valence electrons. The molecule has 15 heavy (non-hydrogen) atoms. The smallest absolute Gasteiger partial charge is 0.422 e. The fraction of sp³-hybridized carbons (Fsp3) is 0.333. The van der Waals surface area contributed by atoms with Gasteiger partial charge in [-0.05, 0) is 12.1 Å². The highest BCUT2D eigenvalue weighted by Gasteiger charge is 2.28. The van der Waals surface area contributed by atoms with Gasteiger partial charge < -0.3 is 9.47 Å². The summed E-state index contributed by atoms with van der Waals surface area (Å²) in [5, 5.41) is 0.0820. The van der Waals surface area contributed by atoms with Crippen LogP contribution < -0.4 is 9.47 Å². The first-order valence-electron chi connectivity index (χ1n) is 3.95. The molecule has 0 fully saturated rings. The Kier molecular flexibility index (Phi) is 3.68. The molecule has 0 saturated carbocycles. The minimum Gasteiger partial charge on any atom is -0.497 e. The largest absolute Gasteiger partial charge is 0.497 e. The number of halogens is 4. The van der Waals surface area contributed by atoms with E-state index >= 15 is 0 Å². The molecular formula is C9H8ClF3O2. The molecule has 0 atom stereocenters. The van der Waals surface area contributed by atoms with Crippen LogP contribution in [-0.2, 0) is 0 Å². The van der Waals surface area contributed by atoms with E-state index in [2.05, 4.69) is 4.74 Å². The van der Waals surface area contributed by atoms with Crippen molar-refractivity contribution in [3.8, 4) is 11.5 Å². The van der Waals surface area contributed by atoms with Crippen LogP contribution in [-0.4, -0.2) is 19.9 Å². The number of hydrogen-bond donors (Lipinski definition) is 0. The predicted octanol–water partition coefficient (Wildman–Crippen LogP) is 3.29. The maximum atomic E-state index is 11.8. The summed E-state index contributed by atoms with van der Waals surface area (Å²) in [4.78, 5) is 0. The van der Waals surface area contributed by atoms with E-state index in [1.54, 1.807) is 0 Å². The first kappa shape index (κ1) is 12.0. The molecule has 0 amide bonds. The van der Waals surface area contributed by atoms with Crippen LogP contribution in [0.1, 0.15) is 0 Å². The van der Waals surface area contributed by atoms with Crippen molar-refractivity contribution >= 4 is 11.6 Å². The average Bonchev–Trinajstić information content (AvgIpc) is 2.14. The van der Waals surface area contributed by atoms with Crippen LogP contribution in [0.4, 0.5) is 13.2 Å². The first-order valence-corrected chi connectivity index (χ1v) is 4.33. The zero-order valence-corrected chi connectivity index (χ0v) is 8.52. The van der Waals surface area contributed by atoms with Crippen LogP contribution in [0.2, 0.25) is 5.02 Å². The molecule has 0 bridgehead atoms. The highest BCUT2D eigenvalue weighted by atomic mass is 35.5. The van der Waals surface area contributed by atoms with Crippen molar-refractivity contribution in [2.75, 3.05) is 13.7 Å². The molecule has 6 heteroatoms. The molecule has 0 saturated heterocycles. The summed E-state index contributed by atoms with van der Waals surface area (Å²) in [7, 11) is 1.43. The van der Waals surface area contributed by atoms with E-state index in [0.717, 1.165) is 0 Å². The van der Waals surface area contributed by atoms with E-state index in [-0.39, 0.29) is 10.8 Å². The van der Waals surface area contributed by atoms with Gasteiger partial charge in [0.25, 0.3) is 0 Å². The second kappa shape index (κ2) is 4.61. The molecule has 0 aliphatic rings. The van der Waals surface area contributed by atoms with Gasteiger partial charge in [-0.15, -0.1) is 0 Å². The van der Waals surface area contributed by atoms with Crippen LogP contribution in [0.3, 0.4) is 0 Å². The van der Waals surface area contributed by atoms with Gasteiger partial charge in [0.15, 0.2) is 6.61 Å². The minimum absolute atomic E-state index is 0.0187. The molecule has 0 aliphatic carbocycles. The van der Waals surface area contributed by atoms with Crippen molar-refractivity contribution in [1.82, 2.24) is 0 Å². The van der Waals surface area contributed by atoms with Gasteiger partial charge in [0, 0.05) is 6.07 Å². The van der Waals surface area contributed by atoms with Gasteiger partial charge in [-0.2, -0.15) is 13.2 Å². The van der Waals surface area contributed by atoms with Crippen LogP contribution in [0.15, 0.2) is 18.2 Å². The predicted molar refractivity (Wildman–Crippen MR) is 49.6 cm³/mol. The highest BCUT2D eigenvalue weighted by Crippen LogP contribution is 2.29. The number of alkyl halides is 3. The third kappa shape index (κ3) is 3.87. The SMILES string of the molecule is COc1ccc(OCC(F)(F)F)c(Cl)c1. The second-order valence-electron chi connectivity index (χ2n) is 2.70. The van der Waals surface area contributed by atoms with Crippen molar-refractivity contribution in [3.05, 3.63) is 23.2 Å². The third-order valence-corrected chi connectivity index (χ3v) is 1.83. The summed E-state index contributed by atoms with van der Waals surface area (Å²) in [6.07, 6.45) is -4.37. The molecule has 0 aliphatic heterocycles. The van der Waals surface area contributed by atoms with E-state index in [1.165, 1.54) is 25.3 Å². The Labute approximate surface area is 89.6 Å². The number of hydrogen-bond acceptors (Lipinski definition) is 2. The lowest BCUT2D eigenvalue weighted by atomic mass is 10.3. The quantitative estimate of drug-likeness (QED) is 0.807. The van der Waals surface area contributed by atoms with E-state index in [4.69, 9.17) is 16.3 Å². The molecule has 0 radical (unpaired) electrons. The maximum absolute atomic E-state index is 11.8. The van der Waals surface area contributed by atoms with Crippen molar-refractivity contribution in [1.29, 1.82) is 0 Å². The van der Waals surface area contributed by atoms with Crippen molar-refractivity contribution in [2.45, 2.75) is 6.18 Å². The van der Waals surface area contributed by atoms with Gasteiger partial charge in [0.2, 0.25) is 0 Å². The average molecular weight is 241 g/mol. The monoisotopic (exact) mass is 240 g/mol.